The van der Waals surface area contributed by atoms with E-state index in [4.69, 9.17) is 4.74 Å². The van der Waals surface area contributed by atoms with E-state index in [1.54, 1.807) is 40.3 Å². The minimum absolute atomic E-state index is 0.0232. The van der Waals surface area contributed by atoms with Crippen molar-refractivity contribution in [1.29, 1.82) is 0 Å². The van der Waals surface area contributed by atoms with Crippen molar-refractivity contribution in [2.75, 3.05) is 110 Å². The number of carbonyl (C=O) groups excluding carboxylic acids is 4. The maximum absolute atomic E-state index is 15.1. The number of hydrogen-bond donors (Lipinski definition) is 3. The summed E-state index contributed by atoms with van der Waals surface area (Å²) in [5.41, 5.74) is 4.66. The Morgan fingerprint density at radius 3 is 2.22 bits per heavy atom. The predicted molar refractivity (Wildman–Crippen MR) is 260 cm³/mol. The number of piperidine rings is 1. The van der Waals surface area contributed by atoms with E-state index in [-0.39, 0.29) is 41.1 Å². The van der Waals surface area contributed by atoms with E-state index in [9.17, 15) is 24.0 Å². The number of rotatable bonds is 15. The van der Waals surface area contributed by atoms with Crippen LogP contribution in [-0.4, -0.2) is 168 Å². The van der Waals surface area contributed by atoms with E-state index < -0.39 is 11.7 Å². The standard InChI is InChI=1S/C52H61FN10O6/c1-2-35-6-5-7-39(24-35)40-27-46(56-47(64)30-54-28-38-33-69-34-38)49(55-29-40)52(68)62-14-12-36(13-15-62)31-59-16-18-60(19-17-59)32-48(65)61-20-22-63(23-21-61)51(67)43-25-37(10-11-44(43)53)26-45-41-8-3-4-9-42(41)50(66)58-57-45/h3-11,24-25,27,29,36,38,54H,2,12-23,26,28,30-34H2,1H3,(H,56,64)(H,58,66). The number of carbonyl (C=O) groups is 4. The van der Waals surface area contributed by atoms with Gasteiger partial charge < -0.3 is 35.0 Å². The molecule has 362 valence electrons. The minimum atomic E-state index is -0.609. The lowest BCUT2D eigenvalue weighted by atomic mass is 9.95. The Kier molecular flexibility index (Phi) is 15.1. The van der Waals surface area contributed by atoms with Crippen LogP contribution in [-0.2, 0) is 27.2 Å². The molecule has 4 fully saturated rings. The van der Waals surface area contributed by atoms with Gasteiger partial charge >= 0.3 is 0 Å². The van der Waals surface area contributed by atoms with E-state index in [1.165, 1.54) is 11.6 Å². The molecule has 16 nitrogen and oxygen atoms in total. The van der Waals surface area contributed by atoms with Crippen LogP contribution in [0.1, 0.15) is 57.4 Å². The summed E-state index contributed by atoms with van der Waals surface area (Å²) in [6.07, 6.45) is 4.65. The van der Waals surface area contributed by atoms with Crippen LogP contribution >= 0.6 is 0 Å². The molecule has 4 amide bonds. The Balaban J connectivity index is 0.717. The van der Waals surface area contributed by atoms with Crippen molar-refractivity contribution in [2.45, 2.75) is 32.6 Å². The molecule has 2 aromatic heterocycles. The summed E-state index contributed by atoms with van der Waals surface area (Å²) >= 11 is 0. The number of ether oxygens (including phenoxy) is 1. The zero-order valence-electron chi connectivity index (χ0n) is 39.3. The molecular formula is C52H61FN10O6. The third-order valence-electron chi connectivity index (χ3n) is 14.0. The molecule has 9 rings (SSSR count). The molecule has 0 spiro atoms. The molecule has 0 unspecified atom stereocenters. The number of hydrogen-bond acceptors (Lipinski definition) is 11. The van der Waals surface area contributed by atoms with E-state index in [2.05, 4.69) is 54.7 Å². The summed E-state index contributed by atoms with van der Waals surface area (Å²) < 4.78 is 20.3. The number of pyridine rings is 1. The van der Waals surface area contributed by atoms with Crippen LogP contribution in [0.5, 0.6) is 0 Å². The average Bonchev–Trinajstić information content (AvgIpc) is 3.36. The maximum Gasteiger partial charge on any atom is 0.274 e. The number of aromatic amines is 1. The highest BCUT2D eigenvalue weighted by atomic mass is 19.1. The summed E-state index contributed by atoms with van der Waals surface area (Å²) in [5, 5.41) is 14.2. The van der Waals surface area contributed by atoms with Crippen molar-refractivity contribution in [1.82, 2.24) is 45.0 Å². The predicted octanol–water partition coefficient (Wildman–Crippen LogP) is 3.91. The van der Waals surface area contributed by atoms with Crippen molar-refractivity contribution < 1.29 is 28.3 Å². The Bertz CT molecular complexity index is 2720. The smallest absolute Gasteiger partial charge is 0.274 e. The van der Waals surface area contributed by atoms with Crippen LogP contribution in [0, 0.1) is 17.7 Å². The molecule has 4 aliphatic heterocycles. The minimum Gasteiger partial charge on any atom is -0.381 e. The second-order valence-electron chi connectivity index (χ2n) is 18.8. The summed E-state index contributed by atoms with van der Waals surface area (Å²) in [6.45, 7) is 11.4. The Labute approximate surface area is 401 Å². The molecule has 0 saturated carbocycles. The van der Waals surface area contributed by atoms with Gasteiger partial charge in [0, 0.05) is 108 Å². The van der Waals surface area contributed by atoms with Gasteiger partial charge in [-0.05, 0) is 66.1 Å². The summed E-state index contributed by atoms with van der Waals surface area (Å²) in [6, 6.07) is 21.7. The van der Waals surface area contributed by atoms with Gasteiger partial charge in [-0.15, -0.1) is 0 Å². The molecular weight excluding hydrogens is 880 g/mol. The number of nitrogens with one attached hydrogen (secondary N) is 3. The van der Waals surface area contributed by atoms with Gasteiger partial charge in [-0.25, -0.2) is 14.5 Å². The Hall–Kier alpha value is -6.40. The van der Waals surface area contributed by atoms with E-state index in [0.29, 0.717) is 112 Å². The van der Waals surface area contributed by atoms with Gasteiger partial charge in [-0.1, -0.05) is 55.5 Å². The summed E-state index contributed by atoms with van der Waals surface area (Å²) in [7, 11) is 0. The van der Waals surface area contributed by atoms with Gasteiger partial charge in [0.05, 0.1) is 48.6 Å². The summed E-state index contributed by atoms with van der Waals surface area (Å²) in [4.78, 5) is 81.0. The number of H-pyrrole nitrogens is 1. The molecule has 0 atom stereocenters. The van der Waals surface area contributed by atoms with Crippen molar-refractivity contribution in [3.8, 4) is 11.1 Å². The van der Waals surface area contributed by atoms with E-state index >= 15 is 4.39 Å². The SMILES string of the molecule is CCc1cccc(-c2cnc(C(=O)N3CCC(CN4CCN(CC(=O)N5CCN(C(=O)c6cc(Cc7n[nH]c(=O)c8ccccc78)ccc6F)CC5)CC4)CC3)c(NC(=O)CNCC3COC3)c2)c1. The van der Waals surface area contributed by atoms with Crippen LogP contribution < -0.4 is 16.2 Å². The van der Waals surface area contributed by atoms with Crippen molar-refractivity contribution in [2.24, 2.45) is 11.8 Å². The number of aryl methyl sites for hydroxylation is 1. The molecule has 3 aromatic carbocycles. The Morgan fingerprint density at radius 2 is 1.48 bits per heavy atom. The van der Waals surface area contributed by atoms with Gasteiger partial charge in [-0.2, -0.15) is 5.10 Å². The topological polar surface area (TPSA) is 176 Å². The van der Waals surface area contributed by atoms with Crippen LogP contribution in [0.15, 0.2) is 83.8 Å². The first-order valence-electron chi connectivity index (χ1n) is 24.3. The van der Waals surface area contributed by atoms with E-state index in [1.807, 2.05) is 35.2 Å². The highest BCUT2D eigenvalue weighted by molar-refractivity contribution is 6.03. The van der Waals surface area contributed by atoms with Gasteiger partial charge in [0.15, 0.2) is 5.69 Å². The highest BCUT2D eigenvalue weighted by Gasteiger charge is 2.31. The molecule has 5 aromatic rings. The number of halogens is 1. The number of likely N-dealkylation sites (tertiary alicyclic amines) is 1. The first kappa shape index (κ1) is 47.7. The number of fused-ring (bicyclic) bond motifs is 1. The van der Waals surface area contributed by atoms with Crippen LogP contribution in [0.3, 0.4) is 0 Å². The Morgan fingerprint density at radius 1 is 0.754 bits per heavy atom. The molecule has 4 saturated heterocycles. The largest absolute Gasteiger partial charge is 0.381 e. The normalized spacial score (nSPS) is 17.5. The second kappa shape index (κ2) is 21.9. The van der Waals surface area contributed by atoms with E-state index in [0.717, 1.165) is 63.1 Å². The quantitative estimate of drug-likeness (QED) is 0.139. The number of anilines is 1. The van der Waals surface area contributed by atoms with Crippen molar-refractivity contribution in [3.63, 3.8) is 0 Å². The molecule has 69 heavy (non-hydrogen) atoms. The molecule has 0 aliphatic carbocycles. The molecule has 0 bridgehead atoms. The average molecular weight is 941 g/mol. The third-order valence-corrected chi connectivity index (χ3v) is 14.0. The fraction of sp³-hybridized carbons (Fsp3) is 0.442. The van der Waals surface area contributed by atoms with Crippen LogP contribution in [0.2, 0.25) is 0 Å². The zero-order chi connectivity index (χ0) is 47.9. The van der Waals surface area contributed by atoms with Gasteiger partial charge in [0.25, 0.3) is 17.4 Å². The van der Waals surface area contributed by atoms with Crippen LogP contribution in [0.25, 0.3) is 21.9 Å². The lowest BCUT2D eigenvalue weighted by molar-refractivity contribution is -0.134. The van der Waals surface area contributed by atoms with Gasteiger partial charge in [0.2, 0.25) is 11.8 Å². The number of nitrogens with zero attached hydrogens (tertiary/aromatic N) is 7. The highest BCUT2D eigenvalue weighted by Crippen LogP contribution is 2.28. The molecule has 0 radical (unpaired) electrons. The number of amides is 4. The van der Waals surface area contributed by atoms with Crippen LogP contribution in [0.4, 0.5) is 10.1 Å². The first-order valence-corrected chi connectivity index (χ1v) is 24.3. The number of benzene rings is 3. The molecule has 6 heterocycles. The number of aromatic nitrogens is 3. The zero-order valence-corrected chi connectivity index (χ0v) is 39.3. The van der Waals surface area contributed by atoms with Crippen molar-refractivity contribution in [3.05, 3.63) is 123 Å². The van der Waals surface area contributed by atoms with Gasteiger partial charge in [0.1, 0.15) is 5.82 Å². The molecule has 17 heteroatoms. The first-order chi connectivity index (χ1) is 33.6. The second-order valence-corrected chi connectivity index (χ2v) is 18.8. The lowest BCUT2D eigenvalue weighted by Gasteiger charge is -2.40. The third kappa shape index (κ3) is 11.6. The van der Waals surface area contributed by atoms with Gasteiger partial charge in [-0.3, -0.25) is 28.9 Å². The fourth-order valence-corrected chi connectivity index (χ4v) is 9.78. The summed E-state index contributed by atoms with van der Waals surface area (Å²) in [5.74, 6) is -0.581. The number of piperazine rings is 2. The molecule has 4 aliphatic rings. The lowest BCUT2D eigenvalue weighted by Crippen LogP contribution is -2.55. The van der Waals surface area contributed by atoms with Crippen molar-refractivity contribution >= 4 is 40.1 Å². The maximum atomic E-state index is 15.1. The monoisotopic (exact) mass is 940 g/mol. The molecule has 3 N–H and O–H groups in total. The fourth-order valence-electron chi connectivity index (χ4n) is 9.78.